The molecule has 0 radical (unpaired) electrons. The minimum Gasteiger partial charge on any atom is -0.444 e. The summed E-state index contributed by atoms with van der Waals surface area (Å²) in [6, 6.07) is 12.7. The Kier molecular flexibility index (Phi) is 6.24. The molecule has 1 N–H and O–H groups in total. The monoisotopic (exact) mass is 489 g/mol. The van der Waals surface area contributed by atoms with Crippen molar-refractivity contribution in [2.24, 2.45) is 0 Å². The van der Waals surface area contributed by atoms with Gasteiger partial charge in [-0.15, -0.1) is 0 Å². The fraction of sp³-hybridized carbons (Fsp3) is 0.444. The van der Waals surface area contributed by atoms with Crippen LogP contribution in [0.25, 0.3) is 0 Å². The lowest BCUT2D eigenvalue weighted by atomic mass is 10.1. The van der Waals surface area contributed by atoms with Crippen molar-refractivity contribution in [3.63, 3.8) is 0 Å². The molecule has 9 heteroatoms. The number of aromatic nitrogens is 3. The summed E-state index contributed by atoms with van der Waals surface area (Å²) in [4.78, 5) is 23.3. The molecule has 0 atom stereocenters. The molecule has 0 saturated carbocycles. The van der Waals surface area contributed by atoms with Crippen molar-refractivity contribution in [2.45, 2.75) is 51.8 Å². The molecule has 0 spiro atoms. The van der Waals surface area contributed by atoms with Gasteiger partial charge in [0.1, 0.15) is 11.4 Å². The molecule has 190 valence electrons. The number of piperidine rings is 1. The summed E-state index contributed by atoms with van der Waals surface area (Å²) < 4.78 is 7.51. The van der Waals surface area contributed by atoms with Gasteiger partial charge in [0.05, 0.1) is 23.1 Å². The van der Waals surface area contributed by atoms with E-state index in [0.29, 0.717) is 13.1 Å². The fourth-order valence-electron chi connectivity index (χ4n) is 4.90. The first-order valence-corrected chi connectivity index (χ1v) is 12.5. The van der Waals surface area contributed by atoms with Crippen molar-refractivity contribution in [3.8, 4) is 0 Å². The average Bonchev–Trinajstić information content (AvgIpc) is 3.28. The summed E-state index contributed by atoms with van der Waals surface area (Å²) in [6.45, 7) is 7.80. The summed E-state index contributed by atoms with van der Waals surface area (Å²) in [5.74, 6) is 1.51. The number of nitrogens with one attached hydrogen (secondary N) is 1. The first kappa shape index (κ1) is 24.0. The second-order valence-electron chi connectivity index (χ2n) is 10.6. The second-order valence-corrected chi connectivity index (χ2v) is 10.6. The average molecular weight is 490 g/mol. The Morgan fingerprint density at radius 1 is 1.03 bits per heavy atom. The molecule has 0 unspecified atom stereocenters. The van der Waals surface area contributed by atoms with Gasteiger partial charge >= 0.3 is 6.09 Å². The molecular weight excluding hydrogens is 454 g/mol. The predicted octanol–water partition coefficient (Wildman–Crippen LogP) is 5.31. The lowest BCUT2D eigenvalue weighted by molar-refractivity contribution is 0.0185. The number of rotatable bonds is 3. The third-order valence-corrected chi connectivity index (χ3v) is 6.74. The van der Waals surface area contributed by atoms with Gasteiger partial charge in [0, 0.05) is 63.8 Å². The van der Waals surface area contributed by atoms with Crippen LogP contribution in [0.3, 0.4) is 0 Å². The molecule has 1 amide bonds. The highest BCUT2D eigenvalue weighted by molar-refractivity contribution is 5.81. The fourth-order valence-corrected chi connectivity index (χ4v) is 4.90. The van der Waals surface area contributed by atoms with Crippen LogP contribution in [0, 0.1) is 0 Å². The number of anilines is 5. The zero-order valence-corrected chi connectivity index (χ0v) is 21.7. The van der Waals surface area contributed by atoms with Crippen molar-refractivity contribution in [1.29, 1.82) is 0 Å². The van der Waals surface area contributed by atoms with Crippen LogP contribution in [-0.2, 0) is 11.3 Å². The molecular formula is C27H35N7O2. The number of carbonyl (C=O) groups is 1. The number of benzene rings is 1. The van der Waals surface area contributed by atoms with E-state index < -0.39 is 5.60 Å². The van der Waals surface area contributed by atoms with Crippen molar-refractivity contribution in [1.82, 2.24) is 19.7 Å². The summed E-state index contributed by atoms with van der Waals surface area (Å²) in [5.41, 5.74) is 4.18. The number of para-hydroxylation sites is 2. The van der Waals surface area contributed by atoms with Crippen LogP contribution in [0.1, 0.15) is 45.2 Å². The van der Waals surface area contributed by atoms with Gasteiger partial charge in [-0.1, -0.05) is 12.1 Å². The topological polar surface area (TPSA) is 78.8 Å². The summed E-state index contributed by atoms with van der Waals surface area (Å²) in [7, 11) is 4.21. The summed E-state index contributed by atoms with van der Waals surface area (Å²) >= 11 is 0. The number of likely N-dealkylation sites (tertiary alicyclic amines) is 1. The highest BCUT2D eigenvalue weighted by Gasteiger charge is 2.28. The van der Waals surface area contributed by atoms with E-state index in [2.05, 4.69) is 64.5 Å². The van der Waals surface area contributed by atoms with Crippen LogP contribution < -0.4 is 15.1 Å². The molecule has 2 aromatic heterocycles. The van der Waals surface area contributed by atoms with E-state index in [4.69, 9.17) is 9.84 Å². The first-order chi connectivity index (χ1) is 17.2. The zero-order valence-electron chi connectivity index (χ0n) is 21.7. The van der Waals surface area contributed by atoms with Crippen LogP contribution in [0.15, 0.2) is 48.8 Å². The van der Waals surface area contributed by atoms with Crippen LogP contribution in [0.4, 0.5) is 33.5 Å². The van der Waals surface area contributed by atoms with E-state index >= 15 is 0 Å². The van der Waals surface area contributed by atoms with Gasteiger partial charge in [-0.25, -0.2) is 9.78 Å². The highest BCUT2D eigenvalue weighted by Crippen LogP contribution is 2.39. The van der Waals surface area contributed by atoms with Crippen molar-refractivity contribution >= 4 is 34.8 Å². The zero-order chi connectivity index (χ0) is 25.4. The SMILES string of the molecule is CN1Cc2cnc(Nc3ccn(C4CCN(C(=O)OC(C)(C)C)CC4)n3)cc2N(C)c2ccccc21. The maximum Gasteiger partial charge on any atom is 0.410 e. The predicted molar refractivity (Wildman–Crippen MR) is 142 cm³/mol. The van der Waals surface area contributed by atoms with Gasteiger partial charge in [-0.05, 0) is 45.7 Å². The minimum absolute atomic E-state index is 0.239. The molecule has 2 aliphatic rings. The van der Waals surface area contributed by atoms with Crippen LogP contribution >= 0.6 is 0 Å². The molecule has 1 saturated heterocycles. The number of amides is 1. The third-order valence-electron chi connectivity index (χ3n) is 6.74. The molecule has 3 aromatic rings. The summed E-state index contributed by atoms with van der Waals surface area (Å²) in [5, 5.41) is 8.14. The number of hydrogen-bond acceptors (Lipinski definition) is 7. The molecule has 4 heterocycles. The van der Waals surface area contributed by atoms with Crippen LogP contribution in [0.5, 0.6) is 0 Å². The van der Waals surface area contributed by atoms with E-state index in [1.54, 1.807) is 4.90 Å². The van der Waals surface area contributed by atoms with Gasteiger partial charge in [0.2, 0.25) is 0 Å². The first-order valence-electron chi connectivity index (χ1n) is 12.5. The van der Waals surface area contributed by atoms with Crippen molar-refractivity contribution in [3.05, 3.63) is 54.4 Å². The van der Waals surface area contributed by atoms with E-state index in [-0.39, 0.29) is 12.1 Å². The van der Waals surface area contributed by atoms with Crippen LogP contribution in [-0.4, -0.2) is 58.5 Å². The lowest BCUT2D eigenvalue weighted by Crippen LogP contribution is -2.42. The minimum atomic E-state index is -0.478. The lowest BCUT2D eigenvalue weighted by Gasteiger charge is -2.33. The Balaban J connectivity index is 1.26. The molecule has 5 rings (SSSR count). The Labute approximate surface area is 212 Å². The molecule has 0 bridgehead atoms. The smallest absolute Gasteiger partial charge is 0.410 e. The Morgan fingerprint density at radius 3 is 2.47 bits per heavy atom. The van der Waals surface area contributed by atoms with Crippen LogP contribution in [0.2, 0.25) is 0 Å². The van der Waals surface area contributed by atoms with Crippen molar-refractivity contribution < 1.29 is 9.53 Å². The molecule has 36 heavy (non-hydrogen) atoms. The number of fused-ring (bicyclic) bond motifs is 2. The Morgan fingerprint density at radius 2 is 1.75 bits per heavy atom. The van der Waals surface area contributed by atoms with Gasteiger partial charge in [-0.2, -0.15) is 5.10 Å². The van der Waals surface area contributed by atoms with Gasteiger partial charge in [0.15, 0.2) is 5.82 Å². The number of hydrogen-bond donors (Lipinski definition) is 1. The molecule has 2 aliphatic heterocycles. The quantitative estimate of drug-likeness (QED) is 0.534. The highest BCUT2D eigenvalue weighted by atomic mass is 16.6. The van der Waals surface area contributed by atoms with E-state index in [1.807, 2.05) is 43.9 Å². The standard InChI is InChI=1S/C27H35N7O2/c1-27(2,3)36-26(35)33-13-10-20(11-14-33)34-15-12-24(30-34)29-25-16-23-19(17-28-25)18-31(4)21-8-6-7-9-22(21)32(23)5/h6-9,12,15-17,20H,10-11,13-14,18H2,1-5H3,(H,28,29,30). The third kappa shape index (κ3) is 4.96. The number of pyridine rings is 1. The van der Waals surface area contributed by atoms with Gasteiger partial charge in [-0.3, -0.25) is 4.68 Å². The molecule has 1 fully saturated rings. The molecule has 0 aliphatic carbocycles. The number of nitrogens with zero attached hydrogens (tertiary/aromatic N) is 6. The molecule has 9 nitrogen and oxygen atoms in total. The number of carbonyl (C=O) groups excluding carboxylic acids is 1. The Hall–Kier alpha value is -3.75. The summed E-state index contributed by atoms with van der Waals surface area (Å²) in [6.07, 6.45) is 5.39. The van der Waals surface area contributed by atoms with Gasteiger partial charge in [0.25, 0.3) is 0 Å². The largest absolute Gasteiger partial charge is 0.444 e. The van der Waals surface area contributed by atoms with E-state index in [0.717, 1.165) is 42.4 Å². The van der Waals surface area contributed by atoms with Gasteiger partial charge < -0.3 is 24.8 Å². The Bertz CT molecular complexity index is 1240. The number of ether oxygens (including phenoxy) is 1. The maximum atomic E-state index is 12.4. The normalized spacial score (nSPS) is 16.3. The second kappa shape index (κ2) is 9.37. The maximum absolute atomic E-state index is 12.4. The van der Waals surface area contributed by atoms with Crippen molar-refractivity contribution in [2.75, 3.05) is 42.3 Å². The van der Waals surface area contributed by atoms with E-state index in [1.165, 1.54) is 11.3 Å². The molecule has 1 aromatic carbocycles. The van der Waals surface area contributed by atoms with E-state index in [9.17, 15) is 4.79 Å².